The molecule has 0 amide bonds. The maximum Gasteiger partial charge on any atom is 0.310 e. The molecule has 0 heterocycles. The van der Waals surface area contributed by atoms with Crippen LogP contribution >= 0.6 is 0 Å². The van der Waals surface area contributed by atoms with Gasteiger partial charge in [-0.05, 0) is 24.1 Å². The molecule has 0 spiro atoms. The Balaban J connectivity index is 2.59. The van der Waals surface area contributed by atoms with Gasteiger partial charge in [-0.3, -0.25) is 9.59 Å². The van der Waals surface area contributed by atoms with Crippen molar-refractivity contribution in [3.05, 3.63) is 47.5 Å². The molecule has 7 nitrogen and oxygen atoms in total. The van der Waals surface area contributed by atoms with Crippen molar-refractivity contribution >= 4 is 11.8 Å². The monoisotopic (exact) mass is 388 g/mol. The van der Waals surface area contributed by atoms with Crippen LogP contribution in [0.3, 0.4) is 0 Å². The van der Waals surface area contributed by atoms with Gasteiger partial charge in [0.1, 0.15) is 11.5 Å². The molecule has 0 N–H and O–H groups in total. The zero-order valence-corrected chi connectivity index (χ0v) is 16.4. The molecule has 0 atom stereocenters. The van der Waals surface area contributed by atoms with Gasteiger partial charge in [0.15, 0.2) is 19.4 Å². The lowest BCUT2D eigenvalue weighted by molar-refractivity contribution is -0.139. The topological polar surface area (TPSA) is 80.3 Å². The van der Waals surface area contributed by atoms with Crippen LogP contribution in [0, 0.1) is 0 Å². The van der Waals surface area contributed by atoms with Gasteiger partial charge >= 0.3 is 5.97 Å². The number of ketones is 1. The van der Waals surface area contributed by atoms with E-state index in [-0.39, 0.29) is 25.8 Å². The first-order valence-electron chi connectivity index (χ1n) is 8.58. The fraction of sp³-hybridized carbons (Fsp3) is 0.333. The molecule has 0 saturated heterocycles. The molecule has 2 aromatic rings. The van der Waals surface area contributed by atoms with Crippen LogP contribution in [-0.4, -0.2) is 46.7 Å². The molecule has 150 valence electrons. The van der Waals surface area contributed by atoms with E-state index in [1.807, 2.05) is 12.1 Å². The van der Waals surface area contributed by atoms with Gasteiger partial charge in [-0.2, -0.15) is 0 Å². The van der Waals surface area contributed by atoms with E-state index in [2.05, 4.69) is 0 Å². The summed E-state index contributed by atoms with van der Waals surface area (Å²) in [7, 11) is 4.36. The van der Waals surface area contributed by atoms with E-state index >= 15 is 0 Å². The highest BCUT2D eigenvalue weighted by Gasteiger charge is 2.18. The highest BCUT2D eigenvalue weighted by Crippen LogP contribution is 2.38. The van der Waals surface area contributed by atoms with Crippen LogP contribution in [0.25, 0.3) is 11.1 Å². The second-order valence-corrected chi connectivity index (χ2v) is 5.94. The Hall–Kier alpha value is -2.90. The molecule has 7 heteroatoms. The van der Waals surface area contributed by atoms with E-state index in [0.717, 1.165) is 5.56 Å². The molecule has 0 aliphatic rings. The molecule has 0 radical (unpaired) electrons. The van der Waals surface area contributed by atoms with Gasteiger partial charge in [0.25, 0.3) is 0 Å². The van der Waals surface area contributed by atoms with Crippen LogP contribution in [0.5, 0.6) is 11.5 Å². The SMILES string of the molecule is COCOc1cc(CC(=O)OC)c(-c2ccc(C(C)=O)cc2)c(OCOC)c1. The fourth-order valence-electron chi connectivity index (χ4n) is 2.66. The van der Waals surface area contributed by atoms with Crippen molar-refractivity contribution in [3.8, 4) is 22.6 Å². The lowest BCUT2D eigenvalue weighted by Gasteiger charge is -2.18. The molecular weight excluding hydrogens is 364 g/mol. The number of benzene rings is 2. The second-order valence-electron chi connectivity index (χ2n) is 5.94. The van der Waals surface area contributed by atoms with E-state index in [1.165, 1.54) is 28.3 Å². The number of Topliss-reactive ketones (excluding diaryl/α,β-unsaturated/α-hetero) is 1. The summed E-state index contributed by atoms with van der Waals surface area (Å²) in [6.45, 7) is 1.57. The Kier molecular flexibility index (Phi) is 7.98. The van der Waals surface area contributed by atoms with Crippen LogP contribution in [0.15, 0.2) is 36.4 Å². The van der Waals surface area contributed by atoms with E-state index in [9.17, 15) is 9.59 Å². The first kappa shape index (κ1) is 21.4. The molecular formula is C21H24O7. The first-order chi connectivity index (χ1) is 13.5. The maximum atomic E-state index is 12.0. The van der Waals surface area contributed by atoms with Crippen molar-refractivity contribution in [1.82, 2.24) is 0 Å². The highest BCUT2D eigenvalue weighted by molar-refractivity contribution is 5.94. The molecule has 28 heavy (non-hydrogen) atoms. The van der Waals surface area contributed by atoms with Crippen LogP contribution in [0.2, 0.25) is 0 Å². The predicted octanol–water partition coefficient (Wildman–Crippen LogP) is 3.24. The molecule has 0 unspecified atom stereocenters. The zero-order valence-electron chi connectivity index (χ0n) is 16.4. The smallest absolute Gasteiger partial charge is 0.310 e. The van der Waals surface area contributed by atoms with Crippen LogP contribution in [0.4, 0.5) is 0 Å². The number of methoxy groups -OCH3 is 3. The van der Waals surface area contributed by atoms with Gasteiger partial charge < -0.3 is 23.7 Å². The van der Waals surface area contributed by atoms with Crippen molar-refractivity contribution in [1.29, 1.82) is 0 Å². The maximum absolute atomic E-state index is 12.0. The average Bonchev–Trinajstić information content (AvgIpc) is 2.70. The number of ether oxygens (including phenoxy) is 5. The van der Waals surface area contributed by atoms with Gasteiger partial charge in [0, 0.05) is 31.4 Å². The molecule has 0 aromatic heterocycles. The summed E-state index contributed by atoms with van der Waals surface area (Å²) >= 11 is 0. The lowest BCUT2D eigenvalue weighted by Crippen LogP contribution is -2.09. The number of carbonyl (C=O) groups is 2. The van der Waals surface area contributed by atoms with Crippen molar-refractivity contribution < 1.29 is 33.3 Å². The summed E-state index contributed by atoms with van der Waals surface area (Å²) in [5.74, 6) is 0.532. The summed E-state index contributed by atoms with van der Waals surface area (Å²) < 4.78 is 26.1. The first-order valence-corrected chi connectivity index (χ1v) is 8.58. The fourth-order valence-corrected chi connectivity index (χ4v) is 2.66. The second kappa shape index (κ2) is 10.4. The minimum absolute atomic E-state index is 0.0178. The van der Waals surface area contributed by atoms with E-state index in [4.69, 9.17) is 23.7 Å². The molecule has 2 rings (SSSR count). The Bertz CT molecular complexity index is 812. The van der Waals surface area contributed by atoms with E-state index < -0.39 is 5.97 Å². The standard InChI is InChI=1S/C21H24O7/c1-14(22)15-5-7-16(8-6-15)21-17(10-20(23)26-4)9-18(27-12-24-2)11-19(21)28-13-25-3/h5-9,11H,10,12-13H2,1-4H3. The molecule has 0 saturated carbocycles. The Labute approximate surface area is 164 Å². The van der Waals surface area contributed by atoms with Crippen molar-refractivity contribution in [3.63, 3.8) is 0 Å². The third-order valence-electron chi connectivity index (χ3n) is 3.98. The van der Waals surface area contributed by atoms with Crippen molar-refractivity contribution in [2.24, 2.45) is 0 Å². The summed E-state index contributed by atoms with van der Waals surface area (Å²) in [6.07, 6.45) is 0.0216. The lowest BCUT2D eigenvalue weighted by atomic mass is 9.95. The Morgan fingerprint density at radius 2 is 1.54 bits per heavy atom. The van der Waals surface area contributed by atoms with Gasteiger partial charge in [0.2, 0.25) is 0 Å². The molecule has 0 fully saturated rings. The Morgan fingerprint density at radius 1 is 0.893 bits per heavy atom. The van der Waals surface area contributed by atoms with Crippen molar-refractivity contribution in [2.75, 3.05) is 34.9 Å². The Morgan fingerprint density at radius 3 is 2.11 bits per heavy atom. The zero-order chi connectivity index (χ0) is 20.5. The molecule has 2 aromatic carbocycles. The highest BCUT2D eigenvalue weighted by atomic mass is 16.7. The van der Waals surface area contributed by atoms with Crippen LogP contribution in [-0.2, 0) is 25.4 Å². The van der Waals surface area contributed by atoms with Gasteiger partial charge in [-0.1, -0.05) is 24.3 Å². The third kappa shape index (κ3) is 5.55. The van der Waals surface area contributed by atoms with E-state index in [0.29, 0.717) is 28.2 Å². The quantitative estimate of drug-likeness (QED) is 0.351. The summed E-state index contributed by atoms with van der Waals surface area (Å²) in [5, 5.41) is 0. The minimum Gasteiger partial charge on any atom is -0.469 e. The van der Waals surface area contributed by atoms with Gasteiger partial charge in [-0.15, -0.1) is 0 Å². The van der Waals surface area contributed by atoms with Crippen LogP contribution < -0.4 is 9.47 Å². The van der Waals surface area contributed by atoms with Gasteiger partial charge in [0.05, 0.1) is 13.5 Å². The largest absolute Gasteiger partial charge is 0.469 e. The molecule has 0 aliphatic heterocycles. The molecule has 0 aliphatic carbocycles. The number of esters is 1. The minimum atomic E-state index is -0.400. The van der Waals surface area contributed by atoms with Crippen molar-refractivity contribution in [2.45, 2.75) is 13.3 Å². The number of rotatable bonds is 10. The number of hydrogen-bond donors (Lipinski definition) is 0. The van der Waals surface area contributed by atoms with E-state index in [1.54, 1.807) is 24.3 Å². The number of carbonyl (C=O) groups excluding carboxylic acids is 2. The average molecular weight is 388 g/mol. The third-order valence-corrected chi connectivity index (χ3v) is 3.98. The summed E-state index contributed by atoms with van der Waals surface area (Å²) in [5.41, 5.74) is 2.73. The van der Waals surface area contributed by atoms with Crippen LogP contribution in [0.1, 0.15) is 22.8 Å². The van der Waals surface area contributed by atoms with Gasteiger partial charge in [-0.25, -0.2) is 0 Å². The summed E-state index contributed by atoms with van der Waals surface area (Å²) in [6, 6.07) is 10.5. The normalized spacial score (nSPS) is 10.4. The summed E-state index contributed by atoms with van der Waals surface area (Å²) in [4.78, 5) is 23.5. The molecule has 0 bridgehead atoms. The predicted molar refractivity (Wildman–Crippen MR) is 103 cm³/mol. The number of hydrogen-bond acceptors (Lipinski definition) is 7.